The van der Waals surface area contributed by atoms with Crippen LogP contribution in [0.4, 0.5) is 0 Å². The second-order valence-corrected chi connectivity index (χ2v) is 5.96. The van der Waals surface area contributed by atoms with Gasteiger partial charge in [0.15, 0.2) is 0 Å². The highest BCUT2D eigenvalue weighted by Crippen LogP contribution is 2.45. The Morgan fingerprint density at radius 2 is 2.27 bits per heavy atom. The summed E-state index contributed by atoms with van der Waals surface area (Å²) in [6, 6.07) is 0. The lowest BCUT2D eigenvalue weighted by molar-refractivity contribution is 0.662. The number of halogens is 2. The Hall–Kier alpha value is 0.700. The van der Waals surface area contributed by atoms with Crippen LogP contribution < -0.4 is 0 Å². The van der Waals surface area contributed by atoms with Crippen LogP contribution in [0.25, 0.3) is 0 Å². The van der Waals surface area contributed by atoms with Gasteiger partial charge in [0.05, 0.1) is 9.15 Å². The van der Waals surface area contributed by atoms with E-state index in [9.17, 15) is 0 Å². The lowest BCUT2D eigenvalue weighted by Crippen LogP contribution is -2.37. The van der Waals surface area contributed by atoms with Gasteiger partial charge in [-0.15, -0.1) is 0 Å². The Kier molecular flexibility index (Phi) is 3.21. The van der Waals surface area contributed by atoms with Crippen molar-refractivity contribution in [3.05, 3.63) is 11.6 Å². The van der Waals surface area contributed by atoms with Gasteiger partial charge in [0, 0.05) is 0 Å². The summed E-state index contributed by atoms with van der Waals surface area (Å²) in [5.41, 5.74) is 1.56. The predicted molar refractivity (Wildman–Crippen MR) is 57.7 cm³/mol. The summed E-state index contributed by atoms with van der Waals surface area (Å²) in [6.45, 7) is 4.43. The van der Waals surface area contributed by atoms with Gasteiger partial charge in [-0.05, 0) is 19.8 Å². The molecule has 2 atom stereocenters. The van der Waals surface area contributed by atoms with Gasteiger partial charge in [-0.2, -0.15) is 0 Å². The molecule has 0 radical (unpaired) electrons. The second kappa shape index (κ2) is 3.61. The minimum Gasteiger partial charge on any atom is -0.0824 e. The molecule has 0 bridgehead atoms. The molecule has 0 saturated heterocycles. The van der Waals surface area contributed by atoms with Gasteiger partial charge in [0.25, 0.3) is 0 Å². The van der Waals surface area contributed by atoms with Crippen LogP contribution in [0.15, 0.2) is 11.6 Å². The van der Waals surface area contributed by atoms with Gasteiger partial charge >= 0.3 is 0 Å². The Morgan fingerprint density at radius 1 is 1.64 bits per heavy atom. The molecule has 0 N–H and O–H groups in total. The number of allylic oxidation sites excluding steroid dienone is 2. The quantitative estimate of drug-likeness (QED) is 0.541. The van der Waals surface area contributed by atoms with Crippen molar-refractivity contribution in [2.24, 2.45) is 0 Å². The van der Waals surface area contributed by atoms with Crippen molar-refractivity contribution in [1.29, 1.82) is 0 Å². The second-order valence-electron chi connectivity index (χ2n) is 3.34. The van der Waals surface area contributed by atoms with Crippen LogP contribution in [-0.4, -0.2) is 9.15 Å². The van der Waals surface area contributed by atoms with E-state index >= 15 is 0 Å². The third-order valence-corrected chi connectivity index (χ3v) is 4.95. The number of hydrogen-bond acceptors (Lipinski definition) is 0. The summed E-state index contributed by atoms with van der Waals surface area (Å²) in [4.78, 5) is 0.557. The van der Waals surface area contributed by atoms with Crippen LogP contribution in [0.2, 0.25) is 0 Å². The maximum absolute atomic E-state index is 3.66. The molecule has 0 spiro atoms. The molecule has 2 unspecified atom stereocenters. The summed E-state index contributed by atoms with van der Waals surface area (Å²) in [5.74, 6) is 0. The molecule has 1 aliphatic rings. The van der Waals surface area contributed by atoms with E-state index in [0.29, 0.717) is 4.83 Å². The first kappa shape index (κ1) is 9.79. The van der Waals surface area contributed by atoms with E-state index in [1.54, 1.807) is 5.57 Å². The number of alkyl halides is 2. The summed E-state index contributed by atoms with van der Waals surface area (Å²) < 4.78 is 0.218. The van der Waals surface area contributed by atoms with E-state index in [4.69, 9.17) is 0 Å². The zero-order valence-electron chi connectivity index (χ0n) is 7.03. The standard InChI is InChI=1S/C9H14Br2/c1-3-4-5-7-6-9(2,11)8(7)10/h6,8H,3-5H2,1-2H3. The van der Waals surface area contributed by atoms with Crippen molar-refractivity contribution in [2.45, 2.75) is 42.3 Å². The van der Waals surface area contributed by atoms with Crippen molar-refractivity contribution < 1.29 is 0 Å². The summed E-state index contributed by atoms with van der Waals surface area (Å²) in [7, 11) is 0. The van der Waals surface area contributed by atoms with Crippen LogP contribution >= 0.6 is 31.9 Å². The molecule has 0 aromatic heterocycles. The molecule has 0 nitrogen and oxygen atoms in total. The Balaban J connectivity index is 2.40. The molecule has 0 fully saturated rings. The fraction of sp³-hybridized carbons (Fsp3) is 0.778. The molecular formula is C9H14Br2. The van der Waals surface area contributed by atoms with E-state index < -0.39 is 0 Å². The fourth-order valence-electron chi connectivity index (χ4n) is 1.35. The van der Waals surface area contributed by atoms with Crippen LogP contribution in [0.3, 0.4) is 0 Å². The molecule has 2 heteroatoms. The summed E-state index contributed by atoms with van der Waals surface area (Å²) in [6.07, 6.45) is 6.18. The monoisotopic (exact) mass is 280 g/mol. The molecule has 0 aromatic rings. The topological polar surface area (TPSA) is 0 Å². The van der Waals surface area contributed by atoms with Crippen molar-refractivity contribution in [3.63, 3.8) is 0 Å². The maximum Gasteiger partial charge on any atom is 0.0574 e. The van der Waals surface area contributed by atoms with Crippen molar-refractivity contribution >= 4 is 31.9 Å². The van der Waals surface area contributed by atoms with Crippen LogP contribution in [0.1, 0.15) is 33.1 Å². The molecule has 0 amide bonds. The predicted octanol–water partition coefficient (Wildman–Crippen LogP) is 4.03. The Morgan fingerprint density at radius 3 is 2.64 bits per heavy atom. The van der Waals surface area contributed by atoms with Gasteiger partial charge in [-0.1, -0.05) is 56.9 Å². The van der Waals surface area contributed by atoms with Gasteiger partial charge in [0.1, 0.15) is 0 Å². The smallest absolute Gasteiger partial charge is 0.0574 e. The van der Waals surface area contributed by atoms with Crippen LogP contribution in [0, 0.1) is 0 Å². The Bertz CT molecular complexity index is 170. The molecule has 11 heavy (non-hydrogen) atoms. The van der Waals surface area contributed by atoms with E-state index in [1.165, 1.54) is 19.3 Å². The highest BCUT2D eigenvalue weighted by atomic mass is 79.9. The molecular weight excluding hydrogens is 268 g/mol. The number of rotatable bonds is 3. The average molecular weight is 282 g/mol. The minimum absolute atomic E-state index is 0.218. The highest BCUT2D eigenvalue weighted by molar-refractivity contribution is 9.12. The Labute approximate surface area is 85.7 Å². The number of unbranched alkanes of at least 4 members (excludes halogenated alkanes) is 1. The van der Waals surface area contributed by atoms with Crippen molar-refractivity contribution in [1.82, 2.24) is 0 Å². The average Bonchev–Trinajstić information content (AvgIpc) is 1.97. The molecule has 0 aromatic carbocycles. The maximum atomic E-state index is 3.66. The fourth-order valence-corrected chi connectivity index (χ4v) is 2.44. The van der Waals surface area contributed by atoms with Crippen molar-refractivity contribution in [2.75, 3.05) is 0 Å². The van der Waals surface area contributed by atoms with Crippen LogP contribution in [0.5, 0.6) is 0 Å². The van der Waals surface area contributed by atoms with Crippen molar-refractivity contribution in [3.8, 4) is 0 Å². The first-order valence-electron chi connectivity index (χ1n) is 4.12. The zero-order chi connectivity index (χ0) is 8.48. The van der Waals surface area contributed by atoms with E-state index in [-0.39, 0.29) is 4.32 Å². The highest BCUT2D eigenvalue weighted by Gasteiger charge is 2.38. The molecule has 64 valence electrons. The van der Waals surface area contributed by atoms with E-state index in [0.717, 1.165) is 0 Å². The lowest BCUT2D eigenvalue weighted by atomic mass is 9.85. The SMILES string of the molecule is CCCCC1=CC(C)(Br)C1Br. The third-order valence-electron chi connectivity index (χ3n) is 2.11. The normalized spacial score (nSPS) is 36.4. The van der Waals surface area contributed by atoms with Gasteiger partial charge in [-0.3, -0.25) is 0 Å². The first-order chi connectivity index (χ1) is 5.08. The largest absolute Gasteiger partial charge is 0.0824 e. The van der Waals surface area contributed by atoms with E-state index in [2.05, 4.69) is 51.8 Å². The first-order valence-corrected chi connectivity index (χ1v) is 5.83. The van der Waals surface area contributed by atoms with Gasteiger partial charge in [-0.25, -0.2) is 0 Å². The number of hydrogen-bond donors (Lipinski definition) is 0. The molecule has 1 rings (SSSR count). The third kappa shape index (κ3) is 2.09. The molecule has 0 aliphatic heterocycles. The lowest BCUT2D eigenvalue weighted by Gasteiger charge is -2.37. The summed E-state index contributed by atoms with van der Waals surface area (Å²) in [5, 5.41) is 0. The zero-order valence-corrected chi connectivity index (χ0v) is 10.2. The van der Waals surface area contributed by atoms with Crippen LogP contribution in [-0.2, 0) is 0 Å². The summed E-state index contributed by atoms with van der Waals surface area (Å²) >= 11 is 7.30. The van der Waals surface area contributed by atoms with E-state index in [1.807, 2.05) is 0 Å². The molecule has 1 aliphatic carbocycles. The minimum atomic E-state index is 0.218. The van der Waals surface area contributed by atoms with Gasteiger partial charge < -0.3 is 0 Å². The van der Waals surface area contributed by atoms with Gasteiger partial charge in [0.2, 0.25) is 0 Å². The molecule has 0 heterocycles. The molecule has 0 saturated carbocycles.